The molecule has 0 radical (unpaired) electrons. The summed E-state index contributed by atoms with van der Waals surface area (Å²) in [7, 11) is 0. The average molecular weight is 336 g/mol. The SMILES string of the molecule is Cc1cnn(C[C@@H]2CN(C[C@H](O)CN3CCC(C)CC3)CCO2)c1. The molecule has 136 valence electrons. The monoisotopic (exact) mass is 336 g/mol. The second kappa shape index (κ2) is 8.43. The van der Waals surface area contributed by atoms with Crippen LogP contribution in [0.4, 0.5) is 0 Å². The summed E-state index contributed by atoms with van der Waals surface area (Å²) in [5.41, 5.74) is 1.17. The topological polar surface area (TPSA) is 53.8 Å². The summed E-state index contributed by atoms with van der Waals surface area (Å²) in [5, 5.41) is 14.8. The van der Waals surface area contributed by atoms with Gasteiger partial charge in [-0.1, -0.05) is 6.92 Å². The van der Waals surface area contributed by atoms with Crippen molar-refractivity contribution in [1.82, 2.24) is 19.6 Å². The molecule has 6 heteroatoms. The van der Waals surface area contributed by atoms with Gasteiger partial charge in [-0.25, -0.2) is 0 Å². The van der Waals surface area contributed by atoms with Crippen LogP contribution in [-0.2, 0) is 11.3 Å². The first-order valence-corrected chi connectivity index (χ1v) is 9.32. The molecule has 2 aliphatic rings. The minimum Gasteiger partial charge on any atom is -0.390 e. The number of β-amino-alcohol motifs (C(OH)–C–C–N with tert-alkyl or cyclic N) is 1. The Morgan fingerprint density at radius 2 is 2.00 bits per heavy atom. The zero-order valence-corrected chi connectivity index (χ0v) is 15.1. The molecule has 2 atom stereocenters. The summed E-state index contributed by atoms with van der Waals surface area (Å²) in [6.07, 6.45) is 6.33. The minimum atomic E-state index is -0.274. The van der Waals surface area contributed by atoms with Crippen molar-refractivity contribution < 1.29 is 9.84 Å². The predicted molar refractivity (Wildman–Crippen MR) is 94.0 cm³/mol. The van der Waals surface area contributed by atoms with Crippen LogP contribution in [0.1, 0.15) is 25.3 Å². The standard InChI is InChI=1S/C18H32N4O2/c1-15-3-5-20(6-4-15)11-17(23)12-21-7-8-24-18(13-21)14-22-10-16(2)9-19-22/h9-10,15,17-18,23H,3-8,11-14H2,1-2H3/t17-,18+/m1/s1. The highest BCUT2D eigenvalue weighted by atomic mass is 16.5. The highest BCUT2D eigenvalue weighted by Gasteiger charge is 2.24. The van der Waals surface area contributed by atoms with Crippen LogP contribution in [0.25, 0.3) is 0 Å². The minimum absolute atomic E-state index is 0.154. The van der Waals surface area contributed by atoms with E-state index in [1.165, 1.54) is 18.4 Å². The average Bonchev–Trinajstić information content (AvgIpc) is 2.95. The molecule has 0 bridgehead atoms. The fourth-order valence-corrected chi connectivity index (χ4v) is 3.73. The lowest BCUT2D eigenvalue weighted by Gasteiger charge is -2.36. The van der Waals surface area contributed by atoms with Crippen LogP contribution in [0.15, 0.2) is 12.4 Å². The third kappa shape index (κ3) is 5.28. The van der Waals surface area contributed by atoms with Crippen LogP contribution in [0, 0.1) is 12.8 Å². The van der Waals surface area contributed by atoms with Crippen LogP contribution in [-0.4, -0.2) is 82.8 Å². The number of hydrogen-bond donors (Lipinski definition) is 1. The molecular weight excluding hydrogens is 304 g/mol. The fourth-order valence-electron chi connectivity index (χ4n) is 3.73. The van der Waals surface area contributed by atoms with Crippen molar-refractivity contribution in [2.24, 2.45) is 5.92 Å². The Balaban J connectivity index is 1.41. The van der Waals surface area contributed by atoms with E-state index in [1.807, 2.05) is 10.9 Å². The smallest absolute Gasteiger partial charge is 0.0898 e. The summed E-state index contributed by atoms with van der Waals surface area (Å²) in [5.74, 6) is 0.837. The van der Waals surface area contributed by atoms with Gasteiger partial charge in [0.2, 0.25) is 0 Å². The zero-order valence-electron chi connectivity index (χ0n) is 15.1. The molecule has 0 amide bonds. The molecule has 6 nitrogen and oxygen atoms in total. The molecule has 1 aromatic heterocycles. The molecule has 0 aromatic carbocycles. The van der Waals surface area contributed by atoms with Gasteiger partial charge in [0.05, 0.1) is 31.6 Å². The van der Waals surface area contributed by atoms with Crippen LogP contribution >= 0.6 is 0 Å². The van der Waals surface area contributed by atoms with Crippen molar-refractivity contribution in [3.63, 3.8) is 0 Å². The normalized spacial score (nSPS) is 25.9. The van der Waals surface area contributed by atoms with Gasteiger partial charge >= 0.3 is 0 Å². The fraction of sp³-hybridized carbons (Fsp3) is 0.833. The number of morpholine rings is 1. The molecule has 2 aliphatic heterocycles. The third-order valence-electron chi connectivity index (χ3n) is 5.19. The van der Waals surface area contributed by atoms with E-state index in [4.69, 9.17) is 4.74 Å². The van der Waals surface area contributed by atoms with Crippen LogP contribution in [0.5, 0.6) is 0 Å². The van der Waals surface area contributed by atoms with Gasteiger partial charge in [0.15, 0.2) is 0 Å². The molecule has 2 saturated heterocycles. The van der Waals surface area contributed by atoms with E-state index in [2.05, 4.69) is 34.9 Å². The van der Waals surface area contributed by atoms with Crippen molar-refractivity contribution in [3.05, 3.63) is 18.0 Å². The molecule has 0 unspecified atom stereocenters. The summed E-state index contributed by atoms with van der Waals surface area (Å²) < 4.78 is 7.82. The highest BCUT2D eigenvalue weighted by Crippen LogP contribution is 2.16. The van der Waals surface area contributed by atoms with Crippen LogP contribution in [0.2, 0.25) is 0 Å². The number of aromatic nitrogens is 2. The number of ether oxygens (including phenoxy) is 1. The van der Waals surface area contributed by atoms with E-state index in [1.54, 1.807) is 0 Å². The first-order chi connectivity index (χ1) is 11.6. The summed E-state index contributed by atoms with van der Waals surface area (Å²) in [6.45, 7) is 11.5. The molecule has 2 fully saturated rings. The Morgan fingerprint density at radius 3 is 2.71 bits per heavy atom. The molecule has 3 heterocycles. The van der Waals surface area contributed by atoms with Gasteiger partial charge in [-0.3, -0.25) is 9.58 Å². The number of nitrogens with zero attached hydrogens (tertiary/aromatic N) is 4. The zero-order chi connectivity index (χ0) is 16.9. The van der Waals surface area contributed by atoms with Crippen molar-refractivity contribution in [2.75, 3.05) is 45.9 Å². The Bertz CT molecular complexity index is 499. The number of likely N-dealkylation sites (tertiary alicyclic amines) is 1. The Labute approximate surface area is 145 Å². The van der Waals surface area contributed by atoms with Crippen LogP contribution < -0.4 is 0 Å². The van der Waals surface area contributed by atoms with Crippen LogP contribution in [0.3, 0.4) is 0 Å². The van der Waals surface area contributed by atoms with Crippen molar-refractivity contribution in [2.45, 2.75) is 45.4 Å². The lowest BCUT2D eigenvalue weighted by atomic mass is 9.99. The molecule has 0 aliphatic carbocycles. The van der Waals surface area contributed by atoms with Gasteiger partial charge in [0, 0.05) is 32.4 Å². The van der Waals surface area contributed by atoms with E-state index < -0.39 is 0 Å². The molecule has 1 N–H and O–H groups in total. The first-order valence-electron chi connectivity index (χ1n) is 9.32. The largest absolute Gasteiger partial charge is 0.390 e. The number of aliphatic hydroxyl groups excluding tert-OH is 1. The summed E-state index contributed by atoms with van der Waals surface area (Å²) in [4.78, 5) is 4.75. The Hall–Kier alpha value is -0.950. The van der Waals surface area contributed by atoms with Crippen molar-refractivity contribution in [1.29, 1.82) is 0 Å². The lowest BCUT2D eigenvalue weighted by Crippen LogP contribution is -2.49. The third-order valence-corrected chi connectivity index (χ3v) is 5.19. The summed E-state index contributed by atoms with van der Waals surface area (Å²) >= 11 is 0. The molecule has 3 rings (SSSR count). The van der Waals surface area contributed by atoms with E-state index >= 15 is 0 Å². The maximum atomic E-state index is 10.5. The highest BCUT2D eigenvalue weighted by molar-refractivity contribution is 4.99. The van der Waals surface area contributed by atoms with Gasteiger partial charge in [-0.15, -0.1) is 0 Å². The maximum absolute atomic E-state index is 10.5. The number of piperidine rings is 1. The van der Waals surface area contributed by atoms with Gasteiger partial charge in [-0.2, -0.15) is 5.10 Å². The van der Waals surface area contributed by atoms with Crippen molar-refractivity contribution in [3.8, 4) is 0 Å². The molecular formula is C18H32N4O2. The predicted octanol–water partition coefficient (Wildman–Crippen LogP) is 0.985. The van der Waals surface area contributed by atoms with E-state index in [0.717, 1.165) is 58.3 Å². The Morgan fingerprint density at radius 1 is 1.25 bits per heavy atom. The first kappa shape index (κ1) is 17.9. The van der Waals surface area contributed by atoms with Gasteiger partial charge in [-0.05, 0) is 44.3 Å². The van der Waals surface area contributed by atoms with Gasteiger partial charge < -0.3 is 14.7 Å². The molecule has 24 heavy (non-hydrogen) atoms. The summed E-state index contributed by atoms with van der Waals surface area (Å²) in [6, 6.07) is 0. The van der Waals surface area contributed by atoms with Crippen molar-refractivity contribution >= 4 is 0 Å². The van der Waals surface area contributed by atoms with Gasteiger partial charge in [0.1, 0.15) is 0 Å². The lowest BCUT2D eigenvalue weighted by molar-refractivity contribution is -0.0513. The molecule has 1 aromatic rings. The number of hydrogen-bond acceptors (Lipinski definition) is 5. The second-order valence-corrected chi connectivity index (χ2v) is 7.63. The van der Waals surface area contributed by atoms with Gasteiger partial charge in [0.25, 0.3) is 0 Å². The maximum Gasteiger partial charge on any atom is 0.0898 e. The number of aliphatic hydroxyl groups is 1. The quantitative estimate of drug-likeness (QED) is 0.839. The second-order valence-electron chi connectivity index (χ2n) is 7.63. The van der Waals surface area contributed by atoms with E-state index in [-0.39, 0.29) is 12.2 Å². The van der Waals surface area contributed by atoms with E-state index in [0.29, 0.717) is 0 Å². The Kier molecular flexibility index (Phi) is 6.27. The molecule has 0 spiro atoms. The number of rotatable bonds is 6. The van der Waals surface area contributed by atoms with E-state index in [9.17, 15) is 5.11 Å². The molecule has 0 saturated carbocycles. The number of aryl methyl sites for hydroxylation is 1.